The van der Waals surface area contributed by atoms with Gasteiger partial charge in [0.05, 0.1) is 17.8 Å². The molecule has 3 nitrogen and oxygen atoms in total. The molecule has 1 saturated carbocycles. The molecule has 94 valence electrons. The molecule has 0 N–H and O–H groups in total. The normalized spacial score (nSPS) is 27.9. The predicted octanol–water partition coefficient (Wildman–Crippen LogP) is 2.07. The molecule has 18 heavy (non-hydrogen) atoms. The number of ether oxygens (including phenoxy) is 1. The molecule has 3 rings (SSSR count). The minimum absolute atomic E-state index is 0.247. The zero-order valence-corrected chi connectivity index (χ0v) is 10.7. The number of rotatable bonds is 2. The van der Waals surface area contributed by atoms with Crippen LogP contribution in [-0.2, 0) is 4.74 Å². The summed E-state index contributed by atoms with van der Waals surface area (Å²) in [6.07, 6.45) is 10.6. The Balaban J connectivity index is 1.84. The van der Waals surface area contributed by atoms with Gasteiger partial charge in [0.25, 0.3) is 0 Å². The summed E-state index contributed by atoms with van der Waals surface area (Å²) in [6, 6.07) is 3.84. The quantitative estimate of drug-likeness (QED) is 0.742. The molecule has 2 aliphatic rings. The third-order valence-electron chi connectivity index (χ3n) is 3.67. The number of hydrogen-bond donors (Lipinski definition) is 0. The standard InChI is InChI=1S/C15H18N2O/c1-3-12-5-4-8-16-15(12)17-9-11(2)18-14(10-17)13-6-7-13/h1,4-5,8,11,13-14H,6-7,9-10H2,2H3/t11-,14-/m0/s1. The Hall–Kier alpha value is -1.53. The second-order valence-corrected chi connectivity index (χ2v) is 5.25. The number of aromatic nitrogens is 1. The number of terminal acetylenes is 1. The molecule has 3 heteroatoms. The maximum Gasteiger partial charge on any atom is 0.144 e. The van der Waals surface area contributed by atoms with Crippen molar-refractivity contribution in [3.05, 3.63) is 23.9 Å². The molecule has 0 spiro atoms. The van der Waals surface area contributed by atoms with Gasteiger partial charge in [-0.15, -0.1) is 6.42 Å². The summed E-state index contributed by atoms with van der Waals surface area (Å²) < 4.78 is 6.01. The summed E-state index contributed by atoms with van der Waals surface area (Å²) in [5.74, 6) is 4.40. The van der Waals surface area contributed by atoms with Crippen molar-refractivity contribution in [1.82, 2.24) is 4.98 Å². The molecular weight excluding hydrogens is 224 g/mol. The molecule has 1 aliphatic heterocycles. The van der Waals surface area contributed by atoms with Crippen molar-refractivity contribution in [2.75, 3.05) is 18.0 Å². The fraction of sp³-hybridized carbons (Fsp3) is 0.533. The van der Waals surface area contributed by atoms with E-state index in [1.807, 2.05) is 18.3 Å². The summed E-state index contributed by atoms with van der Waals surface area (Å²) in [5, 5.41) is 0. The van der Waals surface area contributed by atoms with E-state index in [0.29, 0.717) is 6.10 Å². The van der Waals surface area contributed by atoms with Crippen molar-refractivity contribution in [3.63, 3.8) is 0 Å². The van der Waals surface area contributed by atoms with Crippen molar-refractivity contribution in [1.29, 1.82) is 0 Å². The van der Waals surface area contributed by atoms with Crippen LogP contribution in [0.15, 0.2) is 18.3 Å². The highest BCUT2D eigenvalue weighted by Crippen LogP contribution is 2.37. The van der Waals surface area contributed by atoms with E-state index >= 15 is 0 Å². The molecule has 1 aromatic rings. The zero-order chi connectivity index (χ0) is 12.5. The third kappa shape index (κ3) is 2.21. The fourth-order valence-electron chi connectivity index (χ4n) is 2.65. The van der Waals surface area contributed by atoms with E-state index in [1.54, 1.807) is 0 Å². The summed E-state index contributed by atoms with van der Waals surface area (Å²) in [7, 11) is 0. The number of nitrogens with zero attached hydrogens (tertiary/aromatic N) is 2. The van der Waals surface area contributed by atoms with Gasteiger partial charge < -0.3 is 9.64 Å². The van der Waals surface area contributed by atoms with Crippen LogP contribution in [-0.4, -0.2) is 30.3 Å². The van der Waals surface area contributed by atoms with Gasteiger partial charge in [0.2, 0.25) is 0 Å². The maximum absolute atomic E-state index is 6.01. The summed E-state index contributed by atoms with van der Waals surface area (Å²) >= 11 is 0. The van der Waals surface area contributed by atoms with Crippen LogP contribution in [0, 0.1) is 18.3 Å². The molecule has 2 fully saturated rings. The second-order valence-electron chi connectivity index (χ2n) is 5.25. The lowest BCUT2D eigenvalue weighted by molar-refractivity contribution is -0.0273. The minimum atomic E-state index is 0.247. The van der Waals surface area contributed by atoms with E-state index in [9.17, 15) is 0 Å². The fourth-order valence-corrected chi connectivity index (χ4v) is 2.65. The molecule has 2 heterocycles. The molecule has 0 aromatic carbocycles. The minimum Gasteiger partial charge on any atom is -0.371 e. The first-order valence-corrected chi connectivity index (χ1v) is 6.60. The van der Waals surface area contributed by atoms with E-state index in [2.05, 4.69) is 22.7 Å². The van der Waals surface area contributed by atoms with Crippen molar-refractivity contribution < 1.29 is 4.74 Å². The molecule has 1 aliphatic carbocycles. The van der Waals surface area contributed by atoms with Crippen molar-refractivity contribution in [2.45, 2.75) is 32.0 Å². The van der Waals surface area contributed by atoms with Gasteiger partial charge in [0, 0.05) is 19.3 Å². The van der Waals surface area contributed by atoms with Crippen molar-refractivity contribution >= 4 is 5.82 Å². The molecule has 0 amide bonds. The van der Waals surface area contributed by atoms with Gasteiger partial charge in [-0.2, -0.15) is 0 Å². The second kappa shape index (κ2) is 4.62. The van der Waals surface area contributed by atoms with Gasteiger partial charge >= 0.3 is 0 Å². The highest BCUT2D eigenvalue weighted by atomic mass is 16.5. The number of hydrogen-bond acceptors (Lipinski definition) is 3. The van der Waals surface area contributed by atoms with Crippen LogP contribution in [0.1, 0.15) is 25.3 Å². The molecule has 1 saturated heterocycles. The molecular formula is C15H18N2O. The van der Waals surface area contributed by atoms with Gasteiger partial charge in [0.15, 0.2) is 0 Å². The highest BCUT2D eigenvalue weighted by molar-refractivity contribution is 5.55. The lowest BCUT2D eigenvalue weighted by Crippen LogP contribution is -2.48. The van der Waals surface area contributed by atoms with Gasteiger partial charge in [-0.25, -0.2) is 4.98 Å². The first-order valence-electron chi connectivity index (χ1n) is 6.60. The molecule has 0 radical (unpaired) electrons. The summed E-state index contributed by atoms with van der Waals surface area (Å²) in [6.45, 7) is 3.91. The Labute approximate surface area is 108 Å². The average Bonchev–Trinajstić information content (AvgIpc) is 3.22. The molecule has 2 atom stereocenters. The predicted molar refractivity (Wildman–Crippen MR) is 71.4 cm³/mol. The Morgan fingerprint density at radius 2 is 2.28 bits per heavy atom. The van der Waals surface area contributed by atoms with Crippen molar-refractivity contribution in [2.24, 2.45) is 5.92 Å². The van der Waals surface area contributed by atoms with Gasteiger partial charge in [-0.05, 0) is 37.8 Å². The van der Waals surface area contributed by atoms with Crippen LogP contribution in [0.25, 0.3) is 0 Å². The highest BCUT2D eigenvalue weighted by Gasteiger charge is 2.37. The van der Waals surface area contributed by atoms with Gasteiger partial charge in [0.1, 0.15) is 5.82 Å². The van der Waals surface area contributed by atoms with E-state index < -0.39 is 0 Å². The average molecular weight is 242 g/mol. The first-order chi connectivity index (χ1) is 8.78. The van der Waals surface area contributed by atoms with Crippen LogP contribution in [0.2, 0.25) is 0 Å². The topological polar surface area (TPSA) is 25.4 Å². The number of anilines is 1. The Bertz CT molecular complexity index is 476. The Morgan fingerprint density at radius 1 is 1.44 bits per heavy atom. The van der Waals surface area contributed by atoms with Crippen LogP contribution < -0.4 is 4.90 Å². The van der Waals surface area contributed by atoms with E-state index in [1.165, 1.54) is 12.8 Å². The van der Waals surface area contributed by atoms with Crippen LogP contribution >= 0.6 is 0 Å². The largest absolute Gasteiger partial charge is 0.371 e. The van der Waals surface area contributed by atoms with E-state index in [-0.39, 0.29) is 6.10 Å². The summed E-state index contributed by atoms with van der Waals surface area (Å²) in [5.41, 5.74) is 0.876. The SMILES string of the molecule is C#Cc1cccnc1N1C[C@@H](C2CC2)O[C@@H](C)C1. The maximum atomic E-state index is 6.01. The van der Waals surface area contributed by atoms with E-state index in [0.717, 1.165) is 30.4 Å². The van der Waals surface area contributed by atoms with Crippen LogP contribution in [0.4, 0.5) is 5.82 Å². The number of pyridine rings is 1. The lowest BCUT2D eigenvalue weighted by Gasteiger charge is -2.38. The monoisotopic (exact) mass is 242 g/mol. The van der Waals surface area contributed by atoms with Crippen LogP contribution in [0.5, 0.6) is 0 Å². The smallest absolute Gasteiger partial charge is 0.144 e. The Morgan fingerprint density at radius 3 is 3.00 bits per heavy atom. The third-order valence-corrected chi connectivity index (χ3v) is 3.67. The van der Waals surface area contributed by atoms with Gasteiger partial charge in [-0.1, -0.05) is 5.92 Å². The Kier molecular flexibility index (Phi) is 2.97. The number of morpholine rings is 1. The van der Waals surface area contributed by atoms with Gasteiger partial charge in [-0.3, -0.25) is 0 Å². The van der Waals surface area contributed by atoms with Crippen LogP contribution in [0.3, 0.4) is 0 Å². The molecule has 1 aromatic heterocycles. The molecule has 0 unspecified atom stereocenters. The van der Waals surface area contributed by atoms with Crippen molar-refractivity contribution in [3.8, 4) is 12.3 Å². The molecule has 0 bridgehead atoms. The lowest BCUT2D eigenvalue weighted by atomic mass is 10.1. The van der Waals surface area contributed by atoms with E-state index in [4.69, 9.17) is 11.2 Å². The summed E-state index contributed by atoms with van der Waals surface area (Å²) in [4.78, 5) is 6.73. The zero-order valence-electron chi connectivity index (χ0n) is 10.7. The first kappa shape index (κ1) is 11.6.